The fraction of sp³-hybridized carbons (Fsp3) is 0.607. The van der Waals surface area contributed by atoms with E-state index in [2.05, 4.69) is 5.32 Å². The minimum absolute atomic E-state index is 0.00386. The van der Waals surface area contributed by atoms with E-state index < -0.39 is 41.5 Å². The van der Waals surface area contributed by atoms with Crippen LogP contribution in [0.2, 0.25) is 0 Å². The topological polar surface area (TPSA) is 133 Å². The number of methoxy groups -OCH3 is 1. The molecule has 3 aliphatic rings. The first-order valence-electron chi connectivity index (χ1n) is 13.6. The lowest BCUT2D eigenvalue weighted by Crippen LogP contribution is -2.59. The minimum atomic E-state index is -5.08. The van der Waals surface area contributed by atoms with Crippen LogP contribution < -0.4 is 5.32 Å². The molecule has 3 fully saturated rings. The summed E-state index contributed by atoms with van der Waals surface area (Å²) >= 11 is 0. The Labute approximate surface area is 236 Å². The Hall–Kier alpha value is -3.48. The first-order valence-corrected chi connectivity index (χ1v) is 13.6. The molecule has 0 radical (unpaired) electrons. The van der Waals surface area contributed by atoms with E-state index in [9.17, 15) is 32.3 Å². The zero-order valence-electron chi connectivity index (χ0n) is 23.3. The third-order valence-corrected chi connectivity index (χ3v) is 8.16. The first-order chi connectivity index (χ1) is 19.3. The van der Waals surface area contributed by atoms with Crippen LogP contribution in [0.1, 0.15) is 44.6 Å². The van der Waals surface area contributed by atoms with Gasteiger partial charge in [0.25, 0.3) is 0 Å². The Balaban J connectivity index is 0.000000587. The molecule has 226 valence electrons. The number of aliphatic carboxylic acids is 1. The van der Waals surface area contributed by atoms with Crippen LogP contribution in [-0.4, -0.2) is 89.6 Å². The Bertz CT molecular complexity index is 1140. The Morgan fingerprint density at radius 2 is 1.68 bits per heavy atom. The fourth-order valence-corrected chi connectivity index (χ4v) is 6.17. The molecule has 41 heavy (non-hydrogen) atoms. The van der Waals surface area contributed by atoms with Crippen LogP contribution in [0, 0.1) is 17.8 Å². The molecule has 0 aromatic heterocycles. The second-order valence-electron chi connectivity index (χ2n) is 10.6. The summed E-state index contributed by atoms with van der Waals surface area (Å²) in [5.74, 6) is -5.52. The number of ether oxygens (including phenoxy) is 1. The number of carboxylic acids is 1. The second kappa shape index (κ2) is 13.0. The molecule has 4 rings (SSSR count). The predicted octanol–water partition coefficient (Wildman–Crippen LogP) is 2.41. The number of benzene rings is 1. The van der Waals surface area contributed by atoms with E-state index in [1.54, 1.807) is 4.90 Å². The zero-order valence-corrected chi connectivity index (χ0v) is 23.3. The van der Waals surface area contributed by atoms with Gasteiger partial charge in [0.1, 0.15) is 5.54 Å². The van der Waals surface area contributed by atoms with Crippen LogP contribution in [0.3, 0.4) is 0 Å². The third kappa shape index (κ3) is 6.71. The largest absolute Gasteiger partial charge is 0.490 e. The van der Waals surface area contributed by atoms with Crippen molar-refractivity contribution in [1.29, 1.82) is 0 Å². The van der Waals surface area contributed by atoms with Crippen LogP contribution in [0.5, 0.6) is 0 Å². The van der Waals surface area contributed by atoms with Crippen molar-refractivity contribution in [3.63, 3.8) is 0 Å². The highest BCUT2D eigenvalue weighted by molar-refractivity contribution is 6.09. The molecular formula is C28H36F3N3O7. The number of alkyl halides is 3. The number of nitrogens with zero attached hydrogens (tertiary/aromatic N) is 2. The van der Waals surface area contributed by atoms with Crippen molar-refractivity contribution in [1.82, 2.24) is 15.1 Å². The lowest BCUT2D eigenvalue weighted by molar-refractivity contribution is -0.192. The molecular weight excluding hydrogens is 547 g/mol. The number of carbonyl (C=O) groups excluding carboxylic acids is 4. The SMILES string of the molecule is CCN(C[C@H]1N[C@@](Cc2ccccc2)(C(=O)OC)[C@H]2C(=O)N(C)C(=O)[C@@H]12)C(=O)C1CCCCC1.O=C(O)C(F)(F)F. The standard InChI is InChI=1S/C26H35N3O5.C2HF3O2/c1-4-29(22(30)18-13-9-6-10-14-18)16-19-20-21(24(32)28(2)23(20)31)26(27-19,25(33)34-3)15-17-11-7-5-8-12-17;3-2(4,5)1(6)7/h5,7-8,11-12,18-21,27H,4,6,9-10,13-16H2,1-3H3;(H,6,7)/t19-,20+,21-,26-;/m1./s1. The van der Waals surface area contributed by atoms with Crippen molar-refractivity contribution >= 4 is 29.7 Å². The molecule has 2 saturated heterocycles. The summed E-state index contributed by atoms with van der Waals surface area (Å²) in [4.78, 5) is 64.9. The van der Waals surface area contributed by atoms with E-state index in [-0.39, 0.29) is 36.6 Å². The second-order valence-corrected chi connectivity index (χ2v) is 10.6. The van der Waals surface area contributed by atoms with Crippen molar-refractivity contribution in [3.05, 3.63) is 35.9 Å². The van der Waals surface area contributed by atoms with Gasteiger partial charge in [0.2, 0.25) is 17.7 Å². The number of imide groups is 1. The number of fused-ring (bicyclic) bond motifs is 1. The van der Waals surface area contributed by atoms with Gasteiger partial charge in [-0.3, -0.25) is 29.4 Å². The van der Waals surface area contributed by atoms with Gasteiger partial charge >= 0.3 is 18.1 Å². The van der Waals surface area contributed by atoms with Gasteiger partial charge in [0, 0.05) is 38.5 Å². The van der Waals surface area contributed by atoms with Crippen LogP contribution in [-0.2, 0) is 35.1 Å². The first kappa shape index (κ1) is 32.0. The van der Waals surface area contributed by atoms with E-state index in [4.69, 9.17) is 14.6 Å². The van der Waals surface area contributed by atoms with Crippen molar-refractivity contribution in [2.24, 2.45) is 17.8 Å². The monoisotopic (exact) mass is 583 g/mol. The molecule has 4 atom stereocenters. The maximum atomic E-state index is 13.3. The molecule has 1 saturated carbocycles. The van der Waals surface area contributed by atoms with Gasteiger partial charge in [-0.2, -0.15) is 13.2 Å². The smallest absolute Gasteiger partial charge is 0.475 e. The molecule has 1 aliphatic carbocycles. The van der Waals surface area contributed by atoms with E-state index in [0.29, 0.717) is 6.54 Å². The fourth-order valence-electron chi connectivity index (χ4n) is 6.17. The van der Waals surface area contributed by atoms with Gasteiger partial charge in [-0.15, -0.1) is 0 Å². The number of carboxylic acid groups (broad SMARTS) is 1. The summed E-state index contributed by atoms with van der Waals surface area (Å²) in [6.07, 6.45) is 0.183. The molecule has 2 heterocycles. The van der Waals surface area contributed by atoms with E-state index in [1.807, 2.05) is 37.3 Å². The summed E-state index contributed by atoms with van der Waals surface area (Å²) in [7, 11) is 2.77. The molecule has 2 N–H and O–H groups in total. The van der Waals surface area contributed by atoms with Crippen molar-refractivity contribution in [2.45, 2.75) is 63.2 Å². The number of rotatable bonds is 7. The van der Waals surface area contributed by atoms with E-state index in [0.717, 1.165) is 42.6 Å². The van der Waals surface area contributed by atoms with Crippen molar-refractivity contribution < 1.29 is 47.0 Å². The van der Waals surface area contributed by atoms with Crippen LogP contribution in [0.25, 0.3) is 0 Å². The summed E-state index contributed by atoms with van der Waals surface area (Å²) < 4.78 is 36.9. The molecule has 1 aromatic rings. The van der Waals surface area contributed by atoms with Gasteiger partial charge in [-0.1, -0.05) is 49.6 Å². The maximum absolute atomic E-state index is 13.3. The highest BCUT2D eigenvalue weighted by Crippen LogP contribution is 2.45. The summed E-state index contributed by atoms with van der Waals surface area (Å²) in [5, 5.41) is 10.5. The van der Waals surface area contributed by atoms with Crippen LogP contribution >= 0.6 is 0 Å². The predicted molar refractivity (Wildman–Crippen MR) is 139 cm³/mol. The van der Waals surface area contributed by atoms with Gasteiger partial charge in [0.15, 0.2) is 0 Å². The molecule has 10 nitrogen and oxygen atoms in total. The summed E-state index contributed by atoms with van der Waals surface area (Å²) in [5.41, 5.74) is -0.517. The summed E-state index contributed by atoms with van der Waals surface area (Å²) in [6.45, 7) is 2.71. The van der Waals surface area contributed by atoms with E-state index in [1.165, 1.54) is 14.2 Å². The number of esters is 1. The van der Waals surface area contributed by atoms with Gasteiger partial charge in [0.05, 0.1) is 18.9 Å². The number of carbonyl (C=O) groups is 5. The number of halogens is 3. The van der Waals surface area contributed by atoms with Crippen molar-refractivity contribution in [3.8, 4) is 0 Å². The lowest BCUT2D eigenvalue weighted by atomic mass is 9.76. The number of hydrogen-bond acceptors (Lipinski definition) is 7. The number of likely N-dealkylation sites (N-methyl/N-ethyl adjacent to an activating group) is 1. The maximum Gasteiger partial charge on any atom is 0.490 e. The number of likely N-dealkylation sites (tertiary alicyclic amines) is 1. The number of hydrogen-bond donors (Lipinski definition) is 2. The summed E-state index contributed by atoms with van der Waals surface area (Å²) in [6, 6.07) is 8.89. The highest BCUT2D eigenvalue weighted by atomic mass is 19.4. The normalized spacial score (nSPS) is 26.2. The quantitative estimate of drug-likeness (QED) is 0.370. The molecule has 13 heteroatoms. The molecule has 0 bridgehead atoms. The average Bonchev–Trinajstić information content (AvgIpc) is 3.40. The Morgan fingerprint density at radius 1 is 1.10 bits per heavy atom. The molecule has 2 aliphatic heterocycles. The average molecular weight is 584 g/mol. The van der Waals surface area contributed by atoms with Gasteiger partial charge in [-0.25, -0.2) is 4.79 Å². The van der Waals surface area contributed by atoms with Crippen LogP contribution in [0.15, 0.2) is 30.3 Å². The zero-order chi connectivity index (χ0) is 30.5. The molecule has 3 amide bonds. The number of amides is 3. The highest BCUT2D eigenvalue weighted by Gasteiger charge is 2.68. The Morgan fingerprint density at radius 3 is 2.20 bits per heavy atom. The molecule has 0 spiro atoms. The third-order valence-electron chi connectivity index (χ3n) is 8.16. The van der Waals surface area contributed by atoms with Crippen molar-refractivity contribution in [2.75, 3.05) is 27.2 Å². The minimum Gasteiger partial charge on any atom is -0.475 e. The Kier molecular flexibility index (Phi) is 10.2. The molecule has 1 aromatic carbocycles. The lowest BCUT2D eigenvalue weighted by Gasteiger charge is -2.34. The number of nitrogens with one attached hydrogen (secondary N) is 1. The van der Waals surface area contributed by atoms with Crippen LogP contribution in [0.4, 0.5) is 13.2 Å². The van der Waals surface area contributed by atoms with E-state index >= 15 is 0 Å². The molecule has 0 unspecified atom stereocenters. The van der Waals surface area contributed by atoms with Gasteiger partial charge in [-0.05, 0) is 25.3 Å². The van der Waals surface area contributed by atoms with Gasteiger partial charge < -0.3 is 14.7 Å².